The first-order chi connectivity index (χ1) is 12.6. The zero-order valence-corrected chi connectivity index (χ0v) is 16.5. The molecule has 154 valence electrons. The van der Waals surface area contributed by atoms with Crippen LogP contribution < -0.4 is 21.3 Å². The monoisotopic (exact) mass is 386 g/mol. The lowest BCUT2D eigenvalue weighted by atomic mass is 10.1. The van der Waals surface area contributed by atoms with Gasteiger partial charge in [-0.1, -0.05) is 0 Å². The van der Waals surface area contributed by atoms with E-state index in [4.69, 9.17) is 0 Å². The van der Waals surface area contributed by atoms with Crippen molar-refractivity contribution in [1.82, 2.24) is 21.3 Å². The first-order valence-electron chi connectivity index (χ1n) is 8.78. The molecule has 0 aliphatic carbocycles. The Labute approximate surface area is 159 Å². The first kappa shape index (κ1) is 24.4. The molecule has 3 atom stereocenters. The summed E-state index contributed by atoms with van der Waals surface area (Å²) in [5, 5.41) is 10.2. The lowest BCUT2D eigenvalue weighted by molar-refractivity contribution is -0.144. The van der Waals surface area contributed by atoms with E-state index in [0.717, 1.165) is 0 Å². The van der Waals surface area contributed by atoms with Gasteiger partial charge in [0.25, 0.3) is 0 Å². The highest BCUT2D eigenvalue weighted by Gasteiger charge is 2.26. The zero-order chi connectivity index (χ0) is 21.0. The van der Waals surface area contributed by atoms with Crippen molar-refractivity contribution in [3.05, 3.63) is 0 Å². The van der Waals surface area contributed by atoms with Crippen LogP contribution >= 0.6 is 0 Å². The Hall–Kier alpha value is -2.65. The highest BCUT2D eigenvalue weighted by molar-refractivity contribution is 5.93. The number of rotatable bonds is 11. The topological polar surface area (TPSA) is 143 Å². The molecular weight excluding hydrogens is 356 g/mol. The minimum atomic E-state index is -0.891. The Kier molecular flexibility index (Phi) is 11.4. The molecule has 0 bridgehead atoms. The molecule has 27 heavy (non-hydrogen) atoms. The lowest BCUT2D eigenvalue weighted by Crippen LogP contribution is -2.54. The molecule has 0 unspecified atom stereocenters. The number of hydrogen-bond acceptors (Lipinski definition) is 6. The molecule has 0 aromatic heterocycles. The highest BCUT2D eigenvalue weighted by Crippen LogP contribution is 2.03. The maximum Gasteiger partial charge on any atom is 0.328 e. The molecule has 4 N–H and O–H groups in total. The number of methoxy groups -OCH3 is 1. The van der Waals surface area contributed by atoms with Crippen LogP contribution in [-0.4, -0.2) is 61.4 Å². The summed E-state index contributed by atoms with van der Waals surface area (Å²) < 4.78 is 4.56. The Balaban J connectivity index is 4.84. The Bertz CT molecular complexity index is 552. The summed E-state index contributed by atoms with van der Waals surface area (Å²) in [7, 11) is 1.21. The van der Waals surface area contributed by atoms with Gasteiger partial charge in [-0.3, -0.25) is 19.2 Å². The molecule has 0 heterocycles. The first-order valence-corrected chi connectivity index (χ1v) is 8.78. The van der Waals surface area contributed by atoms with Gasteiger partial charge in [-0.2, -0.15) is 0 Å². The zero-order valence-electron chi connectivity index (χ0n) is 16.5. The number of hydrogen-bond donors (Lipinski definition) is 4. The number of unbranched alkanes of at least 4 members (excludes halogenated alkanes) is 1. The van der Waals surface area contributed by atoms with Crippen molar-refractivity contribution in [1.29, 1.82) is 0 Å². The summed E-state index contributed by atoms with van der Waals surface area (Å²) in [6.07, 6.45) is 1.48. The van der Waals surface area contributed by atoms with Crippen molar-refractivity contribution in [3.8, 4) is 0 Å². The Morgan fingerprint density at radius 2 is 1.44 bits per heavy atom. The molecule has 0 spiro atoms. The molecule has 0 aliphatic heterocycles. The summed E-state index contributed by atoms with van der Waals surface area (Å²) in [5.74, 6) is -2.17. The van der Waals surface area contributed by atoms with Crippen LogP contribution in [0.15, 0.2) is 0 Å². The largest absolute Gasteiger partial charge is 0.467 e. The van der Waals surface area contributed by atoms with Crippen molar-refractivity contribution in [3.63, 3.8) is 0 Å². The number of nitrogens with one attached hydrogen (secondary N) is 4. The molecule has 0 saturated heterocycles. The fourth-order valence-electron chi connectivity index (χ4n) is 2.22. The molecule has 0 aliphatic rings. The second-order valence-electron chi connectivity index (χ2n) is 6.22. The molecule has 0 rings (SSSR count). The van der Waals surface area contributed by atoms with E-state index >= 15 is 0 Å². The van der Waals surface area contributed by atoms with Gasteiger partial charge in [0.15, 0.2) is 0 Å². The van der Waals surface area contributed by atoms with Gasteiger partial charge < -0.3 is 26.0 Å². The van der Waals surface area contributed by atoms with E-state index in [1.54, 1.807) is 0 Å². The second-order valence-corrected chi connectivity index (χ2v) is 6.22. The van der Waals surface area contributed by atoms with Crippen LogP contribution in [0.2, 0.25) is 0 Å². The normalized spacial score (nSPS) is 13.5. The van der Waals surface area contributed by atoms with Gasteiger partial charge >= 0.3 is 5.97 Å². The van der Waals surface area contributed by atoms with E-state index in [2.05, 4.69) is 26.0 Å². The number of esters is 1. The Morgan fingerprint density at radius 3 is 1.96 bits per heavy atom. The lowest BCUT2D eigenvalue weighted by Gasteiger charge is -2.22. The molecule has 0 aromatic rings. The van der Waals surface area contributed by atoms with Gasteiger partial charge in [-0.15, -0.1) is 0 Å². The molecule has 10 nitrogen and oxygen atoms in total. The standard InChI is InChI=1S/C17H30N4O6/c1-10(19-13(4)23)15(24)21-14(8-6-7-9-18-12(3)22)16(25)20-11(2)17(26)27-5/h10-11,14H,6-9H2,1-5H3,(H,18,22)(H,19,23)(H,20,25)(H,21,24)/t10-,11-,14-/m0/s1. The van der Waals surface area contributed by atoms with Crippen LogP contribution in [-0.2, 0) is 28.7 Å². The second kappa shape index (κ2) is 12.7. The summed E-state index contributed by atoms with van der Waals surface area (Å²) in [4.78, 5) is 58.0. The van der Waals surface area contributed by atoms with Crippen molar-refractivity contribution in [2.45, 2.75) is 65.1 Å². The number of carbonyl (C=O) groups is 5. The third kappa shape index (κ3) is 10.8. The van der Waals surface area contributed by atoms with Gasteiger partial charge in [0.05, 0.1) is 7.11 Å². The van der Waals surface area contributed by atoms with Crippen molar-refractivity contribution >= 4 is 29.6 Å². The van der Waals surface area contributed by atoms with E-state index in [-0.39, 0.29) is 11.8 Å². The molecule has 10 heteroatoms. The van der Waals surface area contributed by atoms with Gasteiger partial charge in [0, 0.05) is 20.4 Å². The molecule has 4 amide bonds. The number of amides is 4. The van der Waals surface area contributed by atoms with Crippen molar-refractivity contribution in [2.75, 3.05) is 13.7 Å². The predicted molar refractivity (Wildman–Crippen MR) is 97.4 cm³/mol. The van der Waals surface area contributed by atoms with Crippen molar-refractivity contribution in [2.24, 2.45) is 0 Å². The Morgan fingerprint density at radius 1 is 0.815 bits per heavy atom. The van der Waals surface area contributed by atoms with E-state index in [9.17, 15) is 24.0 Å². The average molecular weight is 386 g/mol. The molecule has 0 radical (unpaired) electrons. The molecular formula is C17H30N4O6. The van der Waals surface area contributed by atoms with Crippen LogP contribution in [0.4, 0.5) is 0 Å². The highest BCUT2D eigenvalue weighted by atomic mass is 16.5. The third-order valence-electron chi connectivity index (χ3n) is 3.65. The fraction of sp³-hybridized carbons (Fsp3) is 0.706. The van der Waals surface area contributed by atoms with Crippen LogP contribution in [0.1, 0.15) is 47.0 Å². The van der Waals surface area contributed by atoms with E-state index in [0.29, 0.717) is 25.8 Å². The fourth-order valence-corrected chi connectivity index (χ4v) is 2.22. The molecule has 0 saturated carbocycles. The minimum Gasteiger partial charge on any atom is -0.467 e. The average Bonchev–Trinajstić information content (AvgIpc) is 2.58. The van der Waals surface area contributed by atoms with Crippen LogP contribution in [0.5, 0.6) is 0 Å². The van der Waals surface area contributed by atoms with Gasteiger partial charge in [0.1, 0.15) is 18.1 Å². The van der Waals surface area contributed by atoms with E-state index < -0.39 is 35.9 Å². The minimum absolute atomic E-state index is 0.145. The summed E-state index contributed by atoms with van der Waals surface area (Å²) in [6.45, 7) is 6.12. The van der Waals surface area contributed by atoms with E-state index in [1.807, 2.05) is 0 Å². The summed E-state index contributed by atoms with van der Waals surface area (Å²) >= 11 is 0. The van der Waals surface area contributed by atoms with E-state index in [1.165, 1.54) is 34.8 Å². The number of ether oxygens (including phenoxy) is 1. The van der Waals surface area contributed by atoms with Gasteiger partial charge in [0.2, 0.25) is 23.6 Å². The van der Waals surface area contributed by atoms with Crippen LogP contribution in [0, 0.1) is 0 Å². The summed E-state index contributed by atoms with van der Waals surface area (Å²) in [6, 6.07) is -2.57. The van der Waals surface area contributed by atoms with Crippen LogP contribution in [0.25, 0.3) is 0 Å². The molecule has 0 aromatic carbocycles. The maximum atomic E-state index is 12.4. The summed E-state index contributed by atoms with van der Waals surface area (Å²) in [5.41, 5.74) is 0. The van der Waals surface area contributed by atoms with Crippen molar-refractivity contribution < 1.29 is 28.7 Å². The smallest absolute Gasteiger partial charge is 0.328 e. The van der Waals surface area contributed by atoms with Gasteiger partial charge in [-0.05, 0) is 33.1 Å². The third-order valence-corrected chi connectivity index (χ3v) is 3.65. The van der Waals surface area contributed by atoms with Gasteiger partial charge in [-0.25, -0.2) is 4.79 Å². The molecule has 0 fully saturated rings. The predicted octanol–water partition coefficient (Wildman–Crippen LogP) is -1.02. The van der Waals surface area contributed by atoms with Crippen LogP contribution in [0.3, 0.4) is 0 Å². The number of carbonyl (C=O) groups excluding carboxylic acids is 5. The SMILES string of the molecule is COC(=O)[C@H](C)NC(=O)[C@H](CCCCNC(C)=O)NC(=O)[C@H](C)NC(C)=O. The maximum absolute atomic E-state index is 12.4. The quantitative estimate of drug-likeness (QED) is 0.264.